The first-order valence-electron chi connectivity index (χ1n) is 9.38. The SMILES string of the molecule is CC(Oc1ccc(C#N)cc1Cl)C(=O)Nc1ccc2c(c1)C(=O)c1ccccc1C2=O. The van der Waals surface area contributed by atoms with Crippen molar-refractivity contribution in [2.75, 3.05) is 5.32 Å². The lowest BCUT2D eigenvalue weighted by Crippen LogP contribution is -2.30. The average Bonchev–Trinajstić information content (AvgIpc) is 2.78. The molecule has 6 nitrogen and oxygen atoms in total. The second-order valence-corrected chi connectivity index (χ2v) is 7.38. The minimum absolute atomic E-state index is 0.218. The van der Waals surface area contributed by atoms with Crippen LogP contribution in [-0.2, 0) is 4.79 Å². The standard InChI is InChI=1S/C24H15ClN2O4/c1-13(31-21-9-6-14(12-26)10-20(21)25)24(30)27-15-7-8-18-19(11-15)23(29)17-5-3-2-4-16(17)22(18)28/h2-11,13H,1H3,(H,27,30). The van der Waals surface area contributed by atoms with Crippen molar-refractivity contribution in [2.45, 2.75) is 13.0 Å². The third-order valence-corrected chi connectivity index (χ3v) is 5.22. The van der Waals surface area contributed by atoms with E-state index in [4.69, 9.17) is 21.6 Å². The number of carbonyl (C=O) groups excluding carboxylic acids is 3. The molecular weight excluding hydrogens is 416 g/mol. The Labute approximate surface area is 183 Å². The Morgan fingerprint density at radius 3 is 2.26 bits per heavy atom. The maximum Gasteiger partial charge on any atom is 0.265 e. The van der Waals surface area contributed by atoms with Crippen molar-refractivity contribution in [3.8, 4) is 11.8 Å². The molecule has 7 heteroatoms. The van der Waals surface area contributed by atoms with E-state index in [1.54, 1.807) is 37.3 Å². The largest absolute Gasteiger partial charge is 0.479 e. The molecule has 0 saturated carbocycles. The summed E-state index contributed by atoms with van der Waals surface area (Å²) in [6.07, 6.45) is -0.903. The van der Waals surface area contributed by atoms with E-state index in [1.807, 2.05) is 6.07 Å². The fraction of sp³-hybridized carbons (Fsp3) is 0.0833. The van der Waals surface area contributed by atoms with Gasteiger partial charge in [-0.25, -0.2) is 0 Å². The van der Waals surface area contributed by atoms with Crippen LogP contribution < -0.4 is 10.1 Å². The summed E-state index contributed by atoms with van der Waals surface area (Å²) in [5, 5.41) is 11.8. The fourth-order valence-corrected chi connectivity index (χ4v) is 3.56. The smallest absolute Gasteiger partial charge is 0.265 e. The Hall–Kier alpha value is -3.95. The summed E-state index contributed by atoms with van der Waals surface area (Å²) >= 11 is 6.09. The van der Waals surface area contributed by atoms with Crippen LogP contribution in [0.3, 0.4) is 0 Å². The quantitative estimate of drug-likeness (QED) is 0.517. The number of halogens is 1. The first-order chi connectivity index (χ1) is 14.9. The van der Waals surface area contributed by atoms with Gasteiger partial charge in [-0.2, -0.15) is 5.26 Å². The Morgan fingerprint density at radius 2 is 1.61 bits per heavy atom. The van der Waals surface area contributed by atoms with Crippen LogP contribution in [-0.4, -0.2) is 23.6 Å². The summed E-state index contributed by atoms with van der Waals surface area (Å²) in [6, 6.07) is 17.7. The van der Waals surface area contributed by atoms with Crippen LogP contribution in [0.25, 0.3) is 0 Å². The van der Waals surface area contributed by atoms with Crippen molar-refractivity contribution in [3.63, 3.8) is 0 Å². The third kappa shape index (κ3) is 3.79. The number of anilines is 1. The molecule has 0 heterocycles. The lowest BCUT2D eigenvalue weighted by Gasteiger charge is -2.19. The van der Waals surface area contributed by atoms with Crippen LogP contribution >= 0.6 is 11.6 Å². The monoisotopic (exact) mass is 430 g/mol. The van der Waals surface area contributed by atoms with Crippen molar-refractivity contribution >= 4 is 34.8 Å². The second-order valence-electron chi connectivity index (χ2n) is 6.97. The first kappa shape index (κ1) is 20.3. The van der Waals surface area contributed by atoms with Gasteiger partial charge in [0.25, 0.3) is 5.91 Å². The Kier molecular flexibility index (Phi) is 5.28. The maximum atomic E-state index is 12.8. The minimum atomic E-state index is -0.903. The zero-order valence-corrected chi connectivity index (χ0v) is 17.1. The van der Waals surface area contributed by atoms with Gasteiger partial charge in [-0.1, -0.05) is 35.9 Å². The van der Waals surface area contributed by atoms with Crippen LogP contribution in [0, 0.1) is 11.3 Å². The minimum Gasteiger partial charge on any atom is -0.479 e. The molecule has 0 aliphatic heterocycles. The van der Waals surface area contributed by atoms with E-state index < -0.39 is 12.0 Å². The average molecular weight is 431 g/mol. The van der Waals surface area contributed by atoms with Crippen LogP contribution in [0.2, 0.25) is 5.02 Å². The van der Waals surface area contributed by atoms with Crippen molar-refractivity contribution in [2.24, 2.45) is 0 Å². The van der Waals surface area contributed by atoms with Gasteiger partial charge in [0.2, 0.25) is 0 Å². The zero-order valence-electron chi connectivity index (χ0n) is 16.3. The van der Waals surface area contributed by atoms with Crippen LogP contribution in [0.4, 0.5) is 5.69 Å². The van der Waals surface area contributed by atoms with E-state index >= 15 is 0 Å². The van der Waals surface area contributed by atoms with Crippen molar-refractivity contribution < 1.29 is 19.1 Å². The highest BCUT2D eigenvalue weighted by molar-refractivity contribution is 6.32. The highest BCUT2D eigenvalue weighted by Crippen LogP contribution is 2.30. The lowest BCUT2D eigenvalue weighted by atomic mass is 9.84. The van der Waals surface area contributed by atoms with Gasteiger partial charge in [0.1, 0.15) is 5.75 Å². The summed E-state index contributed by atoms with van der Waals surface area (Å²) in [5.41, 5.74) is 2.00. The summed E-state index contributed by atoms with van der Waals surface area (Å²) in [4.78, 5) is 38.1. The van der Waals surface area contributed by atoms with Crippen LogP contribution in [0.1, 0.15) is 44.3 Å². The van der Waals surface area contributed by atoms with Gasteiger partial charge in [-0.3, -0.25) is 14.4 Å². The summed E-state index contributed by atoms with van der Waals surface area (Å²) in [6.45, 7) is 1.55. The molecule has 1 amide bonds. The van der Waals surface area contributed by atoms with Gasteiger partial charge in [0.15, 0.2) is 17.7 Å². The van der Waals surface area contributed by atoms with Gasteiger partial charge >= 0.3 is 0 Å². The molecule has 0 spiro atoms. The predicted octanol–water partition coefficient (Wildman–Crippen LogP) is 4.39. The second kappa shape index (κ2) is 8.05. The van der Waals surface area contributed by atoms with E-state index in [9.17, 15) is 14.4 Å². The van der Waals surface area contributed by atoms with Crippen molar-refractivity contribution in [3.05, 3.63) is 93.5 Å². The highest BCUT2D eigenvalue weighted by atomic mass is 35.5. The van der Waals surface area contributed by atoms with Crippen molar-refractivity contribution in [1.29, 1.82) is 5.26 Å². The molecule has 31 heavy (non-hydrogen) atoms. The topological polar surface area (TPSA) is 96.3 Å². The molecule has 152 valence electrons. The zero-order chi connectivity index (χ0) is 22.1. The number of fused-ring (bicyclic) bond motifs is 2. The van der Waals surface area contributed by atoms with Crippen LogP contribution in [0.15, 0.2) is 60.7 Å². The molecule has 0 aromatic heterocycles. The van der Waals surface area contributed by atoms with Gasteiger partial charge in [-0.05, 0) is 43.3 Å². The molecule has 4 rings (SSSR count). The molecule has 0 saturated heterocycles. The highest BCUT2D eigenvalue weighted by Gasteiger charge is 2.29. The Balaban J connectivity index is 1.53. The van der Waals surface area contributed by atoms with E-state index in [0.717, 1.165) is 0 Å². The molecule has 3 aromatic carbocycles. The molecule has 0 radical (unpaired) electrons. The Bertz CT molecular complexity index is 1290. The molecule has 0 fully saturated rings. The number of benzene rings is 3. The van der Waals surface area contributed by atoms with E-state index in [0.29, 0.717) is 27.9 Å². The molecule has 1 N–H and O–H groups in total. The van der Waals surface area contributed by atoms with E-state index in [2.05, 4.69) is 5.32 Å². The number of hydrogen-bond donors (Lipinski definition) is 1. The molecule has 1 atom stereocenters. The first-order valence-corrected chi connectivity index (χ1v) is 9.76. The molecule has 0 bridgehead atoms. The van der Waals surface area contributed by atoms with Crippen LogP contribution in [0.5, 0.6) is 5.75 Å². The van der Waals surface area contributed by atoms with E-state index in [1.165, 1.54) is 30.3 Å². The van der Waals surface area contributed by atoms with Gasteiger partial charge < -0.3 is 10.1 Å². The summed E-state index contributed by atoms with van der Waals surface area (Å²) in [7, 11) is 0. The third-order valence-electron chi connectivity index (χ3n) is 4.93. The number of amides is 1. The number of ether oxygens (including phenoxy) is 1. The number of carbonyl (C=O) groups is 3. The number of rotatable bonds is 4. The number of hydrogen-bond acceptors (Lipinski definition) is 5. The van der Waals surface area contributed by atoms with E-state index in [-0.39, 0.29) is 27.9 Å². The molecule has 1 aliphatic carbocycles. The number of nitrogens with zero attached hydrogens (tertiary/aromatic N) is 1. The summed E-state index contributed by atoms with van der Waals surface area (Å²) in [5.74, 6) is -0.688. The normalized spacial score (nSPS) is 12.9. The number of nitrogens with one attached hydrogen (secondary N) is 1. The molecule has 3 aromatic rings. The Morgan fingerprint density at radius 1 is 0.968 bits per heavy atom. The van der Waals surface area contributed by atoms with Gasteiger partial charge in [0.05, 0.1) is 16.7 Å². The molecule has 1 aliphatic rings. The van der Waals surface area contributed by atoms with Gasteiger partial charge in [-0.15, -0.1) is 0 Å². The fourth-order valence-electron chi connectivity index (χ4n) is 3.33. The maximum absolute atomic E-state index is 12.8. The number of ketones is 2. The number of nitriles is 1. The summed E-state index contributed by atoms with van der Waals surface area (Å²) < 4.78 is 5.60. The van der Waals surface area contributed by atoms with Crippen molar-refractivity contribution in [1.82, 2.24) is 0 Å². The molecule has 1 unspecified atom stereocenters. The molecular formula is C24H15ClN2O4. The predicted molar refractivity (Wildman–Crippen MR) is 115 cm³/mol. The lowest BCUT2D eigenvalue weighted by molar-refractivity contribution is -0.122. The van der Waals surface area contributed by atoms with Gasteiger partial charge in [0, 0.05) is 27.9 Å².